The molecule has 7 atom stereocenters. The molecule has 0 unspecified atom stereocenters. The van der Waals surface area contributed by atoms with E-state index in [1.54, 1.807) is 23.9 Å². The van der Waals surface area contributed by atoms with Crippen molar-refractivity contribution >= 4 is 40.6 Å². The molecule has 2 N–H and O–H groups in total. The first-order chi connectivity index (χ1) is 17.6. The number of aromatic hydroxyl groups is 1. The summed E-state index contributed by atoms with van der Waals surface area (Å²) in [6.07, 6.45) is -3.91. The molecule has 1 saturated heterocycles. The minimum Gasteiger partial charge on any atom is -0.508 e. The molecule has 3 aromatic rings. The fraction of sp³-hybridized carbons (Fsp3) is 0.346. The predicted molar refractivity (Wildman–Crippen MR) is 131 cm³/mol. The number of hydrogen-bond acceptors (Lipinski definition) is 6. The molecule has 2 bridgehead atoms. The number of anilines is 1. The lowest BCUT2D eigenvalue weighted by Gasteiger charge is -2.43. The van der Waals surface area contributed by atoms with Crippen LogP contribution in [0.1, 0.15) is 28.3 Å². The van der Waals surface area contributed by atoms with Crippen LogP contribution in [-0.4, -0.2) is 27.2 Å². The SMILES string of the molecule is O=C1[C@@H]2[C@H]3C[C@@H]([C@@H]2C(=O)N1c1cccc(C(F)(F)F)c1)[C@@H]1[C@@H](c2ccc(O)cc2)c2sc(=O)[nH]c2S[C@H]31. The molecule has 2 aliphatic heterocycles. The zero-order valence-corrected chi connectivity index (χ0v) is 20.6. The van der Waals surface area contributed by atoms with E-state index in [-0.39, 0.29) is 45.2 Å². The van der Waals surface area contributed by atoms with E-state index in [1.807, 2.05) is 12.1 Å². The number of imide groups is 1. The number of thioether (sulfide) groups is 1. The second kappa shape index (κ2) is 7.73. The quantitative estimate of drug-likeness (QED) is 0.451. The number of nitrogens with zero attached hydrogens (tertiary/aromatic N) is 1. The molecule has 37 heavy (non-hydrogen) atoms. The maximum Gasteiger partial charge on any atom is 0.416 e. The van der Waals surface area contributed by atoms with Crippen molar-refractivity contribution in [1.29, 1.82) is 0 Å². The van der Waals surface area contributed by atoms with Crippen LogP contribution in [0.2, 0.25) is 0 Å². The summed E-state index contributed by atoms with van der Waals surface area (Å²) in [5, 5.41) is 10.6. The van der Waals surface area contributed by atoms with Crippen LogP contribution in [0.15, 0.2) is 58.4 Å². The van der Waals surface area contributed by atoms with E-state index in [4.69, 9.17) is 0 Å². The van der Waals surface area contributed by atoms with Crippen LogP contribution >= 0.6 is 23.1 Å². The Morgan fingerprint density at radius 3 is 2.38 bits per heavy atom. The van der Waals surface area contributed by atoms with E-state index in [0.29, 0.717) is 6.42 Å². The summed E-state index contributed by atoms with van der Waals surface area (Å²) in [7, 11) is 0. The minimum atomic E-state index is -4.59. The van der Waals surface area contributed by atoms with Crippen LogP contribution in [0.25, 0.3) is 0 Å². The number of alkyl halides is 3. The van der Waals surface area contributed by atoms with Gasteiger partial charge in [-0.05, 0) is 60.1 Å². The summed E-state index contributed by atoms with van der Waals surface area (Å²) in [6, 6.07) is 11.2. The van der Waals surface area contributed by atoms with Gasteiger partial charge in [-0.3, -0.25) is 19.3 Å². The van der Waals surface area contributed by atoms with Crippen LogP contribution < -0.4 is 9.77 Å². The summed E-state index contributed by atoms with van der Waals surface area (Å²) in [4.78, 5) is 44.2. The van der Waals surface area contributed by atoms with Crippen LogP contribution in [-0.2, 0) is 15.8 Å². The van der Waals surface area contributed by atoms with E-state index < -0.39 is 35.4 Å². The number of carbonyl (C=O) groups is 2. The normalized spacial score (nSPS) is 32.0. The summed E-state index contributed by atoms with van der Waals surface area (Å²) in [6.45, 7) is 0. The number of hydrogen-bond donors (Lipinski definition) is 2. The maximum absolute atomic E-state index is 13.7. The molecule has 2 amide bonds. The zero-order chi connectivity index (χ0) is 25.8. The molecule has 2 aliphatic carbocycles. The number of carbonyl (C=O) groups excluding carboxylic acids is 2. The van der Waals surface area contributed by atoms with Gasteiger partial charge in [0.1, 0.15) is 5.75 Å². The Morgan fingerprint density at radius 2 is 1.68 bits per heavy atom. The van der Waals surface area contributed by atoms with Crippen LogP contribution in [0.4, 0.5) is 18.9 Å². The highest BCUT2D eigenvalue weighted by molar-refractivity contribution is 8.00. The fourth-order valence-corrected chi connectivity index (χ4v) is 10.0. The van der Waals surface area contributed by atoms with Gasteiger partial charge in [0.25, 0.3) is 0 Å². The Hall–Kier alpha value is -3.05. The summed E-state index contributed by atoms with van der Waals surface area (Å²) >= 11 is 2.68. The largest absolute Gasteiger partial charge is 0.508 e. The highest BCUT2D eigenvalue weighted by Gasteiger charge is 2.69. The van der Waals surface area contributed by atoms with E-state index >= 15 is 0 Å². The first-order valence-electron chi connectivity index (χ1n) is 11.9. The number of halogens is 3. The number of nitrogens with one attached hydrogen (secondary N) is 1. The number of amides is 2. The van der Waals surface area contributed by atoms with Gasteiger partial charge in [0, 0.05) is 16.0 Å². The van der Waals surface area contributed by atoms with Crippen molar-refractivity contribution in [3.63, 3.8) is 0 Å². The molecule has 190 valence electrons. The van der Waals surface area contributed by atoms with E-state index in [1.165, 1.54) is 12.1 Å². The van der Waals surface area contributed by atoms with Crippen molar-refractivity contribution in [2.24, 2.45) is 29.6 Å². The van der Waals surface area contributed by atoms with E-state index in [9.17, 15) is 32.7 Å². The number of rotatable bonds is 2. The van der Waals surface area contributed by atoms with Gasteiger partial charge in [-0.15, -0.1) is 11.8 Å². The first kappa shape index (κ1) is 23.1. The first-order valence-corrected chi connectivity index (χ1v) is 13.6. The monoisotopic (exact) mass is 544 g/mol. The third-order valence-electron chi connectivity index (χ3n) is 8.41. The topological polar surface area (TPSA) is 90.5 Å². The summed E-state index contributed by atoms with van der Waals surface area (Å²) < 4.78 is 40.0. The lowest BCUT2D eigenvalue weighted by Crippen LogP contribution is -2.42. The number of phenolic OH excluding ortho intramolecular Hbond substituents is 1. The molecule has 3 fully saturated rings. The Morgan fingerprint density at radius 1 is 0.973 bits per heavy atom. The molecular formula is C26H19F3N2O4S2. The van der Waals surface area contributed by atoms with Crippen molar-refractivity contribution in [3.05, 3.63) is 74.2 Å². The molecule has 3 heterocycles. The van der Waals surface area contributed by atoms with Gasteiger partial charge >= 0.3 is 11.0 Å². The fourth-order valence-electron chi connectivity index (χ4n) is 7.15. The van der Waals surface area contributed by atoms with Gasteiger partial charge in [-0.25, -0.2) is 0 Å². The van der Waals surface area contributed by atoms with Crippen LogP contribution in [0.3, 0.4) is 0 Å². The van der Waals surface area contributed by atoms with Gasteiger partial charge < -0.3 is 10.1 Å². The molecule has 0 radical (unpaired) electrons. The summed E-state index contributed by atoms with van der Waals surface area (Å²) in [5.74, 6) is -2.45. The van der Waals surface area contributed by atoms with Crippen molar-refractivity contribution in [2.45, 2.75) is 28.8 Å². The standard InChI is InChI=1S/C26H19F3N2O4S2/c27-26(28,29)11-2-1-3-12(8-11)31-23(33)18-14-9-15(19(18)24(31)34)20-17(14)16(10-4-6-13(32)7-5-10)21-22(36-20)30-25(35)37-21/h1-8,14-20,32H,9H2,(H,30,35)/t14-,15-,16-,17-,18+,19-,20-/m1/s1. The molecule has 2 aromatic carbocycles. The predicted octanol–water partition coefficient (Wildman–Crippen LogP) is 4.84. The number of H-pyrrole nitrogens is 1. The Bertz CT molecular complexity index is 1510. The second-order valence-corrected chi connectivity index (χ2v) is 12.3. The smallest absolute Gasteiger partial charge is 0.416 e. The van der Waals surface area contributed by atoms with Gasteiger partial charge in [0.2, 0.25) is 11.8 Å². The van der Waals surface area contributed by atoms with Crippen molar-refractivity contribution in [2.75, 3.05) is 4.90 Å². The lowest BCUT2D eigenvalue weighted by molar-refractivity contribution is -0.137. The minimum absolute atomic E-state index is 0.0268. The van der Waals surface area contributed by atoms with Crippen molar-refractivity contribution in [3.8, 4) is 5.75 Å². The number of thiazole rings is 1. The Labute approximate surface area is 216 Å². The molecule has 1 aromatic heterocycles. The lowest BCUT2D eigenvalue weighted by atomic mass is 9.68. The average Bonchev–Trinajstić information content (AvgIpc) is 3.58. The number of aromatic nitrogens is 1. The van der Waals surface area contributed by atoms with Gasteiger partial charge in [0.15, 0.2) is 0 Å². The summed E-state index contributed by atoms with van der Waals surface area (Å²) in [5.41, 5.74) is -0.0383. The van der Waals surface area contributed by atoms with Crippen molar-refractivity contribution in [1.82, 2.24) is 4.98 Å². The number of phenols is 1. The van der Waals surface area contributed by atoms with Crippen LogP contribution in [0.5, 0.6) is 5.75 Å². The highest BCUT2D eigenvalue weighted by Crippen LogP contribution is 2.68. The number of fused-ring (bicyclic) bond motifs is 9. The zero-order valence-electron chi connectivity index (χ0n) is 18.9. The van der Waals surface area contributed by atoms with Gasteiger partial charge in [0.05, 0.1) is 28.1 Å². The average molecular weight is 545 g/mol. The van der Waals surface area contributed by atoms with Gasteiger partial charge in [-0.2, -0.15) is 13.2 Å². The molecule has 7 rings (SSSR count). The number of benzene rings is 2. The third-order valence-corrected chi connectivity index (χ3v) is 11.0. The Balaban J connectivity index is 1.30. The molecule has 2 saturated carbocycles. The Kier molecular flexibility index (Phi) is 4.83. The van der Waals surface area contributed by atoms with E-state index in [2.05, 4.69) is 4.98 Å². The second-order valence-electron chi connectivity index (χ2n) is 10.1. The highest BCUT2D eigenvalue weighted by atomic mass is 32.2. The molecule has 4 aliphatic rings. The van der Waals surface area contributed by atoms with Crippen LogP contribution in [0, 0.1) is 29.6 Å². The third kappa shape index (κ3) is 3.22. The number of aromatic amines is 1. The van der Waals surface area contributed by atoms with Crippen molar-refractivity contribution < 1.29 is 27.9 Å². The molecule has 0 spiro atoms. The maximum atomic E-state index is 13.7. The molecule has 6 nitrogen and oxygen atoms in total. The molecule has 11 heteroatoms. The van der Waals surface area contributed by atoms with Gasteiger partial charge in [-0.1, -0.05) is 29.5 Å². The van der Waals surface area contributed by atoms with E-state index in [0.717, 1.165) is 43.8 Å². The molecular weight excluding hydrogens is 525 g/mol.